The first kappa shape index (κ1) is 17.0. The molecule has 3 N–H and O–H groups in total. The minimum Gasteiger partial charge on any atom is -0.497 e. The highest BCUT2D eigenvalue weighted by Crippen LogP contribution is 2.27. The summed E-state index contributed by atoms with van der Waals surface area (Å²) in [4.78, 5) is 25.3. The number of ether oxygens (including phenoxy) is 1. The van der Waals surface area contributed by atoms with Gasteiger partial charge >= 0.3 is 0 Å². The second-order valence-electron chi connectivity index (χ2n) is 5.41. The zero-order chi connectivity index (χ0) is 18.0. The van der Waals surface area contributed by atoms with Crippen LogP contribution in [-0.4, -0.2) is 29.3 Å². The number of nitrogens with zero attached hydrogens (tertiary/aromatic N) is 2. The van der Waals surface area contributed by atoms with Crippen LogP contribution in [0.15, 0.2) is 34.4 Å². The topological polar surface area (TPSA) is 99.2 Å². The summed E-state index contributed by atoms with van der Waals surface area (Å²) >= 11 is 1.22. The van der Waals surface area contributed by atoms with Crippen molar-refractivity contribution in [3.8, 4) is 11.4 Å². The number of carbonyl (C=O) groups is 1. The molecule has 0 saturated carbocycles. The molecule has 0 aliphatic rings. The molecular weight excluding hydrogens is 340 g/mol. The van der Waals surface area contributed by atoms with E-state index in [-0.39, 0.29) is 17.2 Å². The van der Waals surface area contributed by atoms with Crippen LogP contribution >= 0.6 is 11.3 Å². The molecule has 0 aliphatic carbocycles. The minimum absolute atomic E-state index is 0.187. The average Bonchev–Trinajstić information content (AvgIpc) is 3.02. The molecule has 7 nitrogen and oxygen atoms in total. The van der Waals surface area contributed by atoms with Crippen LogP contribution in [0.2, 0.25) is 0 Å². The fourth-order valence-electron chi connectivity index (χ4n) is 2.46. The second kappa shape index (κ2) is 6.94. The van der Waals surface area contributed by atoms with Crippen LogP contribution in [0.1, 0.15) is 23.8 Å². The van der Waals surface area contributed by atoms with Gasteiger partial charge in [0.25, 0.3) is 11.5 Å². The molecule has 1 amide bonds. The van der Waals surface area contributed by atoms with Crippen LogP contribution in [0.25, 0.3) is 16.5 Å². The Morgan fingerprint density at radius 2 is 2.08 bits per heavy atom. The lowest BCUT2D eigenvalue weighted by Gasteiger charge is -2.10. The third-order valence-electron chi connectivity index (χ3n) is 3.75. The number of amides is 1. The van der Waals surface area contributed by atoms with Gasteiger partial charge in [-0.1, -0.05) is 6.92 Å². The van der Waals surface area contributed by atoms with Crippen LogP contribution in [0.3, 0.4) is 0 Å². The van der Waals surface area contributed by atoms with E-state index in [1.165, 1.54) is 16.0 Å². The fraction of sp³-hybridized carbons (Fsp3) is 0.235. The Morgan fingerprint density at radius 3 is 2.72 bits per heavy atom. The van der Waals surface area contributed by atoms with E-state index in [1.54, 1.807) is 36.8 Å². The highest BCUT2D eigenvalue weighted by molar-refractivity contribution is 7.15. The van der Waals surface area contributed by atoms with Crippen molar-refractivity contribution in [3.05, 3.63) is 45.7 Å². The van der Waals surface area contributed by atoms with Gasteiger partial charge < -0.3 is 15.8 Å². The molecule has 2 heterocycles. The van der Waals surface area contributed by atoms with Crippen molar-refractivity contribution in [1.82, 2.24) is 15.1 Å². The molecule has 3 rings (SSSR count). The molecule has 0 spiro atoms. The predicted molar refractivity (Wildman–Crippen MR) is 98.8 cm³/mol. The zero-order valence-electron chi connectivity index (χ0n) is 13.9. The summed E-state index contributed by atoms with van der Waals surface area (Å²) in [6, 6.07) is 6.85. The maximum absolute atomic E-state index is 12.8. The normalized spacial score (nSPS) is 10.8. The predicted octanol–water partition coefficient (Wildman–Crippen LogP) is 2.18. The lowest BCUT2D eigenvalue weighted by molar-refractivity contribution is 0.0949. The van der Waals surface area contributed by atoms with Gasteiger partial charge in [-0.2, -0.15) is 9.78 Å². The molecular formula is C17H18N4O3S. The smallest absolute Gasteiger partial charge is 0.282 e. The number of benzene rings is 1. The van der Waals surface area contributed by atoms with E-state index < -0.39 is 0 Å². The maximum Gasteiger partial charge on any atom is 0.282 e. The molecule has 0 unspecified atom stereocenters. The summed E-state index contributed by atoms with van der Waals surface area (Å²) in [5.41, 5.74) is 6.33. The third-order valence-corrected chi connectivity index (χ3v) is 4.56. The molecule has 3 aromatic rings. The van der Waals surface area contributed by atoms with E-state index in [2.05, 4.69) is 10.4 Å². The van der Waals surface area contributed by atoms with E-state index in [0.29, 0.717) is 33.8 Å². The van der Waals surface area contributed by atoms with E-state index in [0.717, 1.165) is 6.42 Å². The molecule has 0 saturated heterocycles. The van der Waals surface area contributed by atoms with Crippen LogP contribution in [0.4, 0.5) is 5.00 Å². The third kappa shape index (κ3) is 3.08. The number of nitrogens with one attached hydrogen (secondary N) is 1. The summed E-state index contributed by atoms with van der Waals surface area (Å²) in [7, 11) is 1.56. The van der Waals surface area contributed by atoms with Crippen LogP contribution in [0, 0.1) is 0 Å². The van der Waals surface area contributed by atoms with Crippen molar-refractivity contribution >= 4 is 33.0 Å². The Hall–Kier alpha value is -2.87. The number of nitrogens with two attached hydrogens (primary N) is 1. The lowest BCUT2D eigenvalue weighted by Crippen LogP contribution is -2.30. The summed E-state index contributed by atoms with van der Waals surface area (Å²) in [6.45, 7) is 2.49. The Balaban J connectivity index is 2.21. The minimum atomic E-state index is -0.356. The van der Waals surface area contributed by atoms with Gasteiger partial charge in [0.2, 0.25) is 0 Å². The number of anilines is 1. The Kier molecular flexibility index (Phi) is 4.71. The first-order valence-corrected chi connectivity index (χ1v) is 8.67. The molecule has 130 valence electrons. The molecule has 0 atom stereocenters. The molecule has 1 aromatic carbocycles. The first-order valence-electron chi connectivity index (χ1n) is 7.79. The summed E-state index contributed by atoms with van der Waals surface area (Å²) < 4.78 is 6.33. The molecule has 8 heteroatoms. The van der Waals surface area contributed by atoms with Crippen molar-refractivity contribution in [2.45, 2.75) is 13.3 Å². The van der Waals surface area contributed by atoms with Gasteiger partial charge in [0.1, 0.15) is 5.75 Å². The van der Waals surface area contributed by atoms with Crippen molar-refractivity contribution in [1.29, 1.82) is 0 Å². The van der Waals surface area contributed by atoms with Crippen molar-refractivity contribution in [2.24, 2.45) is 0 Å². The number of hydrogen-bond donors (Lipinski definition) is 2. The number of thiophene rings is 1. The fourth-order valence-corrected chi connectivity index (χ4v) is 3.25. The first-order chi connectivity index (χ1) is 12.1. The van der Waals surface area contributed by atoms with Crippen LogP contribution in [-0.2, 0) is 0 Å². The quantitative estimate of drug-likeness (QED) is 0.728. The van der Waals surface area contributed by atoms with Gasteiger partial charge in [0.15, 0.2) is 5.69 Å². The number of fused-ring (bicyclic) bond motifs is 1. The lowest BCUT2D eigenvalue weighted by atomic mass is 10.2. The van der Waals surface area contributed by atoms with Gasteiger partial charge in [-0.05, 0) is 30.7 Å². The molecule has 2 aromatic heterocycles. The highest BCUT2D eigenvalue weighted by atomic mass is 32.1. The Labute approximate surface area is 148 Å². The monoisotopic (exact) mass is 358 g/mol. The Bertz CT molecular complexity index is 976. The van der Waals surface area contributed by atoms with Gasteiger partial charge in [0.05, 0.1) is 23.2 Å². The van der Waals surface area contributed by atoms with E-state index >= 15 is 0 Å². The van der Waals surface area contributed by atoms with E-state index in [4.69, 9.17) is 10.5 Å². The van der Waals surface area contributed by atoms with Gasteiger partial charge in [-0.15, -0.1) is 11.3 Å². The van der Waals surface area contributed by atoms with E-state index in [1.807, 2.05) is 6.92 Å². The van der Waals surface area contributed by atoms with Crippen LogP contribution in [0.5, 0.6) is 5.75 Å². The Morgan fingerprint density at radius 1 is 1.36 bits per heavy atom. The number of rotatable bonds is 5. The number of carbonyl (C=O) groups excluding carboxylic acids is 1. The molecule has 0 bridgehead atoms. The molecule has 0 fully saturated rings. The zero-order valence-corrected chi connectivity index (χ0v) is 14.7. The van der Waals surface area contributed by atoms with Crippen molar-refractivity contribution in [2.75, 3.05) is 19.4 Å². The van der Waals surface area contributed by atoms with Crippen molar-refractivity contribution in [3.63, 3.8) is 0 Å². The summed E-state index contributed by atoms with van der Waals surface area (Å²) in [5, 5.41) is 9.95. The van der Waals surface area contributed by atoms with Crippen LogP contribution < -0.4 is 21.3 Å². The van der Waals surface area contributed by atoms with Crippen molar-refractivity contribution < 1.29 is 9.53 Å². The maximum atomic E-state index is 12.8. The van der Waals surface area contributed by atoms with Gasteiger partial charge in [-0.25, -0.2) is 0 Å². The van der Waals surface area contributed by atoms with Gasteiger partial charge in [0, 0.05) is 17.3 Å². The molecule has 0 radical (unpaired) electrons. The number of methoxy groups -OCH3 is 1. The average molecular weight is 358 g/mol. The number of aromatic nitrogens is 2. The summed E-state index contributed by atoms with van der Waals surface area (Å²) in [5.74, 6) is 0.334. The molecule has 0 aliphatic heterocycles. The number of hydrogen-bond acceptors (Lipinski definition) is 6. The highest BCUT2D eigenvalue weighted by Gasteiger charge is 2.20. The number of nitrogen functional groups attached to an aromatic ring is 1. The van der Waals surface area contributed by atoms with E-state index in [9.17, 15) is 9.59 Å². The second-order valence-corrected chi connectivity index (χ2v) is 6.32. The molecule has 25 heavy (non-hydrogen) atoms. The largest absolute Gasteiger partial charge is 0.497 e. The standard InChI is InChI=1S/C17H18N4O3S/c1-3-8-19-16(22)14-12-9-25-15(18)13(12)17(23)21(20-14)10-4-6-11(24-2)7-5-10/h4-7,9H,3,8,18H2,1-2H3,(H,19,22). The van der Waals surface area contributed by atoms with Gasteiger partial charge in [-0.3, -0.25) is 9.59 Å². The SMILES string of the molecule is CCCNC(=O)c1nn(-c2ccc(OC)cc2)c(=O)c2c(N)scc12. The summed E-state index contributed by atoms with van der Waals surface area (Å²) in [6.07, 6.45) is 0.804.